The lowest BCUT2D eigenvalue weighted by molar-refractivity contribution is -0.115. The smallest absolute Gasteiger partial charge is 0.228 e. The van der Waals surface area contributed by atoms with Gasteiger partial charge in [0.1, 0.15) is 5.82 Å². The van der Waals surface area contributed by atoms with Crippen LogP contribution in [-0.4, -0.2) is 12.3 Å². The third kappa shape index (κ3) is 1.32. The number of benzene rings is 1. The third-order valence-corrected chi connectivity index (χ3v) is 2.03. The number of anilines is 2. The van der Waals surface area contributed by atoms with E-state index in [4.69, 9.17) is 0 Å². The molecule has 5 heteroatoms. The van der Waals surface area contributed by atoms with Gasteiger partial charge in [-0.05, 0) is 17.7 Å². The highest BCUT2D eigenvalue weighted by Gasteiger charge is 2.19. The van der Waals surface area contributed by atoms with Gasteiger partial charge in [0.2, 0.25) is 12.3 Å². The monoisotopic (exact) mass is 194 g/mol. The van der Waals surface area contributed by atoms with Gasteiger partial charge in [-0.3, -0.25) is 9.59 Å². The minimum atomic E-state index is -0.535. The zero-order valence-electron chi connectivity index (χ0n) is 7.13. The van der Waals surface area contributed by atoms with Gasteiger partial charge in [0, 0.05) is 5.69 Å². The number of hydrogen-bond acceptors (Lipinski definition) is 2. The molecule has 0 aliphatic carbocycles. The minimum absolute atomic E-state index is 0.0703. The number of carbonyl (C=O) groups excluding carboxylic acids is 2. The van der Waals surface area contributed by atoms with Crippen molar-refractivity contribution >= 4 is 23.7 Å². The summed E-state index contributed by atoms with van der Waals surface area (Å²) in [5.74, 6) is -0.699. The summed E-state index contributed by atoms with van der Waals surface area (Å²) in [6.45, 7) is 0. The van der Waals surface area contributed by atoms with Crippen molar-refractivity contribution in [3.05, 3.63) is 23.5 Å². The lowest BCUT2D eigenvalue weighted by Gasteiger charge is -2.04. The molecule has 0 atom stereocenters. The lowest BCUT2D eigenvalue weighted by Crippen LogP contribution is -2.03. The molecule has 1 aromatic carbocycles. The second kappa shape index (κ2) is 3.10. The van der Waals surface area contributed by atoms with Crippen LogP contribution in [0.3, 0.4) is 0 Å². The van der Waals surface area contributed by atoms with Gasteiger partial charge < -0.3 is 10.6 Å². The maximum Gasteiger partial charge on any atom is 0.228 e. The van der Waals surface area contributed by atoms with Crippen LogP contribution in [-0.2, 0) is 16.0 Å². The summed E-state index contributed by atoms with van der Waals surface area (Å²) in [4.78, 5) is 21.1. The predicted molar refractivity (Wildman–Crippen MR) is 48.4 cm³/mol. The van der Waals surface area contributed by atoms with Crippen molar-refractivity contribution in [1.82, 2.24) is 0 Å². The first-order valence-electron chi connectivity index (χ1n) is 4.03. The van der Waals surface area contributed by atoms with E-state index < -0.39 is 5.82 Å². The molecule has 1 aromatic rings. The van der Waals surface area contributed by atoms with E-state index >= 15 is 0 Å². The summed E-state index contributed by atoms with van der Waals surface area (Å²) >= 11 is 0. The van der Waals surface area contributed by atoms with Gasteiger partial charge in [-0.15, -0.1) is 0 Å². The van der Waals surface area contributed by atoms with E-state index in [0.717, 1.165) is 0 Å². The van der Waals surface area contributed by atoms with Crippen LogP contribution in [0, 0.1) is 5.82 Å². The summed E-state index contributed by atoms with van der Waals surface area (Å²) < 4.78 is 13.2. The molecule has 0 saturated carbocycles. The highest BCUT2D eigenvalue weighted by atomic mass is 19.1. The molecular weight excluding hydrogens is 187 g/mol. The van der Waals surface area contributed by atoms with E-state index in [0.29, 0.717) is 17.7 Å². The Morgan fingerprint density at radius 2 is 2.29 bits per heavy atom. The number of halogens is 1. The van der Waals surface area contributed by atoms with Crippen molar-refractivity contribution < 1.29 is 14.0 Å². The molecule has 2 rings (SSSR count). The van der Waals surface area contributed by atoms with Crippen molar-refractivity contribution in [2.45, 2.75) is 6.42 Å². The Morgan fingerprint density at radius 1 is 1.50 bits per heavy atom. The molecule has 0 fully saturated rings. The topological polar surface area (TPSA) is 58.2 Å². The number of rotatable bonds is 2. The Hall–Kier alpha value is -1.91. The van der Waals surface area contributed by atoms with Crippen LogP contribution >= 0.6 is 0 Å². The van der Waals surface area contributed by atoms with E-state index in [-0.39, 0.29) is 18.0 Å². The van der Waals surface area contributed by atoms with Gasteiger partial charge in [-0.1, -0.05) is 0 Å². The Balaban J connectivity index is 2.44. The van der Waals surface area contributed by atoms with Crippen molar-refractivity contribution in [3.8, 4) is 0 Å². The number of nitrogens with one attached hydrogen (secondary N) is 2. The van der Waals surface area contributed by atoms with Gasteiger partial charge in [0.05, 0.1) is 12.1 Å². The molecule has 0 aromatic heterocycles. The number of amides is 2. The fourth-order valence-corrected chi connectivity index (χ4v) is 1.42. The van der Waals surface area contributed by atoms with Crippen LogP contribution < -0.4 is 10.6 Å². The average Bonchev–Trinajstić information content (AvgIpc) is 2.45. The maximum atomic E-state index is 13.2. The number of fused-ring (bicyclic) bond motifs is 1. The molecule has 4 nitrogen and oxygen atoms in total. The molecule has 0 spiro atoms. The fourth-order valence-electron chi connectivity index (χ4n) is 1.42. The average molecular weight is 194 g/mol. The molecule has 2 amide bonds. The normalized spacial score (nSPS) is 13.4. The SMILES string of the molecule is O=CNc1cc2c(cc1F)CC(=O)N2. The highest BCUT2D eigenvalue weighted by molar-refractivity contribution is 6.00. The molecule has 0 saturated heterocycles. The molecule has 0 bridgehead atoms. The summed E-state index contributed by atoms with van der Waals surface area (Å²) in [7, 11) is 0. The van der Waals surface area contributed by atoms with Crippen molar-refractivity contribution in [2.75, 3.05) is 10.6 Å². The van der Waals surface area contributed by atoms with Crippen LogP contribution in [0.2, 0.25) is 0 Å². The first-order chi connectivity index (χ1) is 6.70. The van der Waals surface area contributed by atoms with Crippen LogP contribution in [0.1, 0.15) is 5.56 Å². The zero-order chi connectivity index (χ0) is 10.1. The molecular formula is C9H7FN2O2. The molecule has 1 heterocycles. The predicted octanol–water partition coefficient (Wildman–Crippen LogP) is 0.889. The Kier molecular flexibility index (Phi) is 1.92. The van der Waals surface area contributed by atoms with E-state index in [1.54, 1.807) is 0 Å². The van der Waals surface area contributed by atoms with E-state index in [1.807, 2.05) is 0 Å². The molecule has 1 aliphatic rings. The summed E-state index contributed by atoms with van der Waals surface area (Å²) in [5, 5.41) is 4.78. The largest absolute Gasteiger partial charge is 0.326 e. The van der Waals surface area contributed by atoms with Gasteiger partial charge >= 0.3 is 0 Å². The van der Waals surface area contributed by atoms with E-state index in [1.165, 1.54) is 12.1 Å². The Morgan fingerprint density at radius 3 is 3.00 bits per heavy atom. The van der Waals surface area contributed by atoms with Gasteiger partial charge in [-0.2, -0.15) is 0 Å². The molecule has 1 aliphatic heterocycles. The fraction of sp³-hybridized carbons (Fsp3) is 0.111. The number of hydrogen-bond donors (Lipinski definition) is 2. The zero-order valence-corrected chi connectivity index (χ0v) is 7.13. The van der Waals surface area contributed by atoms with E-state index in [2.05, 4.69) is 10.6 Å². The second-order valence-corrected chi connectivity index (χ2v) is 2.98. The summed E-state index contributed by atoms with van der Waals surface area (Å²) in [6.07, 6.45) is 0.579. The van der Waals surface area contributed by atoms with Crippen LogP contribution in [0.25, 0.3) is 0 Å². The van der Waals surface area contributed by atoms with Crippen molar-refractivity contribution in [3.63, 3.8) is 0 Å². The molecule has 0 unspecified atom stereocenters. The van der Waals surface area contributed by atoms with E-state index in [9.17, 15) is 14.0 Å². The molecule has 2 N–H and O–H groups in total. The number of carbonyl (C=O) groups is 2. The van der Waals surface area contributed by atoms with Gasteiger partial charge in [0.15, 0.2) is 0 Å². The van der Waals surface area contributed by atoms with Crippen molar-refractivity contribution in [2.24, 2.45) is 0 Å². The third-order valence-electron chi connectivity index (χ3n) is 2.03. The standard InChI is InChI=1S/C9H7FN2O2/c10-6-1-5-2-9(14)12-7(5)3-8(6)11-4-13/h1,3-4H,2H2,(H,11,13)(H,12,14). The molecule has 14 heavy (non-hydrogen) atoms. The van der Waals surface area contributed by atoms with Crippen LogP contribution in [0.5, 0.6) is 0 Å². The second-order valence-electron chi connectivity index (χ2n) is 2.98. The summed E-state index contributed by atoms with van der Waals surface area (Å²) in [5.41, 5.74) is 1.24. The quantitative estimate of drug-likeness (QED) is 0.687. The maximum absolute atomic E-state index is 13.2. The first kappa shape index (κ1) is 8.68. The highest BCUT2D eigenvalue weighted by Crippen LogP contribution is 2.28. The molecule has 72 valence electrons. The first-order valence-corrected chi connectivity index (χ1v) is 4.03. The Labute approximate surface area is 79.1 Å². The minimum Gasteiger partial charge on any atom is -0.326 e. The Bertz CT molecular complexity index is 417. The van der Waals surface area contributed by atoms with Crippen LogP contribution in [0.15, 0.2) is 12.1 Å². The lowest BCUT2D eigenvalue weighted by atomic mass is 10.1. The van der Waals surface area contributed by atoms with Crippen LogP contribution in [0.4, 0.5) is 15.8 Å². The summed E-state index contributed by atoms with van der Waals surface area (Å²) in [6, 6.07) is 2.66. The van der Waals surface area contributed by atoms with Gasteiger partial charge in [-0.25, -0.2) is 4.39 Å². The molecule has 0 radical (unpaired) electrons. The van der Waals surface area contributed by atoms with Gasteiger partial charge in [0.25, 0.3) is 0 Å². The van der Waals surface area contributed by atoms with Crippen molar-refractivity contribution in [1.29, 1.82) is 0 Å².